The molecule has 11 heavy (non-hydrogen) atoms. The standard InChI is InChI=1S/C7H13F2NO/c8-7(9)5-11-6-1-3-10-4-2-6/h6-7,10H,1-5H2. The van der Waals surface area contributed by atoms with Crippen LogP contribution in [0.3, 0.4) is 0 Å². The van der Waals surface area contributed by atoms with E-state index < -0.39 is 13.0 Å². The molecule has 1 N–H and O–H groups in total. The molecular formula is C7H13F2NO. The molecule has 0 aromatic heterocycles. The number of alkyl halides is 2. The van der Waals surface area contributed by atoms with Gasteiger partial charge in [-0.2, -0.15) is 0 Å². The molecule has 0 aromatic carbocycles. The fraction of sp³-hybridized carbons (Fsp3) is 1.00. The molecule has 4 heteroatoms. The van der Waals surface area contributed by atoms with Gasteiger partial charge >= 0.3 is 0 Å². The quantitative estimate of drug-likeness (QED) is 0.674. The van der Waals surface area contributed by atoms with Crippen LogP contribution in [0.1, 0.15) is 12.8 Å². The van der Waals surface area contributed by atoms with Crippen LogP contribution in [-0.4, -0.2) is 32.2 Å². The summed E-state index contributed by atoms with van der Waals surface area (Å²) in [4.78, 5) is 0. The Bertz CT molecular complexity index is 105. The molecular weight excluding hydrogens is 152 g/mol. The van der Waals surface area contributed by atoms with Gasteiger partial charge in [-0.05, 0) is 25.9 Å². The highest BCUT2D eigenvalue weighted by atomic mass is 19.3. The number of hydrogen-bond acceptors (Lipinski definition) is 2. The third kappa shape index (κ3) is 3.62. The number of halogens is 2. The van der Waals surface area contributed by atoms with Crippen molar-refractivity contribution < 1.29 is 13.5 Å². The summed E-state index contributed by atoms with van der Waals surface area (Å²) in [6, 6.07) is 0. The van der Waals surface area contributed by atoms with Crippen LogP contribution in [0.5, 0.6) is 0 Å². The normalized spacial score (nSPS) is 21.0. The molecule has 1 heterocycles. The van der Waals surface area contributed by atoms with E-state index in [4.69, 9.17) is 4.74 Å². The summed E-state index contributed by atoms with van der Waals surface area (Å²) >= 11 is 0. The van der Waals surface area contributed by atoms with E-state index in [1.165, 1.54) is 0 Å². The molecule has 0 radical (unpaired) electrons. The van der Waals surface area contributed by atoms with Gasteiger partial charge in [0.25, 0.3) is 6.43 Å². The summed E-state index contributed by atoms with van der Waals surface area (Å²) < 4.78 is 28.3. The molecule has 0 saturated carbocycles. The Balaban J connectivity index is 2.05. The first-order valence-corrected chi connectivity index (χ1v) is 3.89. The fourth-order valence-electron chi connectivity index (χ4n) is 1.17. The lowest BCUT2D eigenvalue weighted by molar-refractivity contribution is -0.0340. The third-order valence-electron chi connectivity index (χ3n) is 1.74. The van der Waals surface area contributed by atoms with E-state index in [2.05, 4.69) is 5.32 Å². The molecule has 1 aliphatic heterocycles. The van der Waals surface area contributed by atoms with Crippen LogP contribution in [0.4, 0.5) is 8.78 Å². The van der Waals surface area contributed by atoms with Gasteiger partial charge in [-0.25, -0.2) is 8.78 Å². The van der Waals surface area contributed by atoms with Crippen molar-refractivity contribution in [3.63, 3.8) is 0 Å². The molecule has 1 saturated heterocycles. The Morgan fingerprint density at radius 3 is 2.55 bits per heavy atom. The molecule has 1 fully saturated rings. The van der Waals surface area contributed by atoms with Gasteiger partial charge in [0.05, 0.1) is 6.10 Å². The third-order valence-corrected chi connectivity index (χ3v) is 1.74. The lowest BCUT2D eigenvalue weighted by Crippen LogP contribution is -2.33. The van der Waals surface area contributed by atoms with Crippen molar-refractivity contribution in [1.82, 2.24) is 5.32 Å². The number of piperidine rings is 1. The second-order valence-corrected chi connectivity index (χ2v) is 2.67. The average molecular weight is 165 g/mol. The van der Waals surface area contributed by atoms with E-state index >= 15 is 0 Å². The van der Waals surface area contributed by atoms with Crippen molar-refractivity contribution in [3.05, 3.63) is 0 Å². The van der Waals surface area contributed by atoms with Crippen LogP contribution in [-0.2, 0) is 4.74 Å². The second-order valence-electron chi connectivity index (χ2n) is 2.67. The molecule has 0 aromatic rings. The van der Waals surface area contributed by atoms with Crippen LogP contribution in [0.15, 0.2) is 0 Å². The summed E-state index contributed by atoms with van der Waals surface area (Å²) in [6.07, 6.45) is -0.575. The molecule has 0 bridgehead atoms. The van der Waals surface area contributed by atoms with Gasteiger partial charge in [-0.15, -0.1) is 0 Å². The summed E-state index contributed by atoms with van der Waals surface area (Å²) in [5, 5.41) is 3.13. The maximum Gasteiger partial charge on any atom is 0.261 e. The first-order chi connectivity index (χ1) is 5.29. The van der Waals surface area contributed by atoms with Crippen LogP contribution in [0, 0.1) is 0 Å². The van der Waals surface area contributed by atoms with Gasteiger partial charge in [0.1, 0.15) is 6.61 Å². The monoisotopic (exact) mass is 165 g/mol. The molecule has 0 unspecified atom stereocenters. The van der Waals surface area contributed by atoms with Crippen LogP contribution in [0.2, 0.25) is 0 Å². The van der Waals surface area contributed by atoms with Crippen molar-refractivity contribution in [1.29, 1.82) is 0 Å². The molecule has 1 rings (SSSR count). The van der Waals surface area contributed by atoms with Gasteiger partial charge in [-0.3, -0.25) is 0 Å². The van der Waals surface area contributed by atoms with Crippen molar-refractivity contribution in [2.45, 2.75) is 25.4 Å². The molecule has 66 valence electrons. The minimum atomic E-state index is -2.33. The fourth-order valence-corrected chi connectivity index (χ4v) is 1.17. The Kier molecular flexibility index (Phi) is 3.72. The lowest BCUT2D eigenvalue weighted by Gasteiger charge is -2.22. The van der Waals surface area contributed by atoms with Gasteiger partial charge < -0.3 is 10.1 Å². The average Bonchev–Trinajstić information content (AvgIpc) is 2.03. The largest absolute Gasteiger partial charge is 0.372 e. The first-order valence-electron chi connectivity index (χ1n) is 3.89. The summed E-state index contributed by atoms with van der Waals surface area (Å²) in [5.41, 5.74) is 0. The van der Waals surface area contributed by atoms with Crippen LogP contribution in [0.25, 0.3) is 0 Å². The highest BCUT2D eigenvalue weighted by molar-refractivity contribution is 4.67. The van der Waals surface area contributed by atoms with E-state index in [1.807, 2.05) is 0 Å². The van der Waals surface area contributed by atoms with E-state index in [0.717, 1.165) is 25.9 Å². The molecule has 0 spiro atoms. The number of nitrogens with one attached hydrogen (secondary N) is 1. The summed E-state index contributed by atoms with van der Waals surface area (Å²) in [5.74, 6) is 0. The molecule has 0 atom stereocenters. The van der Waals surface area contributed by atoms with Crippen LogP contribution >= 0.6 is 0 Å². The zero-order valence-electron chi connectivity index (χ0n) is 6.35. The Morgan fingerprint density at radius 2 is 2.00 bits per heavy atom. The number of rotatable bonds is 3. The van der Waals surface area contributed by atoms with Crippen molar-refractivity contribution in [3.8, 4) is 0 Å². The predicted octanol–water partition coefficient (Wildman–Crippen LogP) is 1.02. The van der Waals surface area contributed by atoms with E-state index in [0.29, 0.717) is 0 Å². The van der Waals surface area contributed by atoms with Crippen molar-refractivity contribution in [2.75, 3.05) is 19.7 Å². The second kappa shape index (κ2) is 4.62. The molecule has 1 aliphatic rings. The number of ether oxygens (including phenoxy) is 1. The summed E-state index contributed by atoms with van der Waals surface area (Å²) in [6.45, 7) is 1.35. The van der Waals surface area contributed by atoms with E-state index in [9.17, 15) is 8.78 Å². The molecule has 0 amide bonds. The molecule has 2 nitrogen and oxygen atoms in total. The Hall–Kier alpha value is -0.220. The predicted molar refractivity (Wildman–Crippen MR) is 37.8 cm³/mol. The minimum absolute atomic E-state index is 0.0465. The Labute approximate surface area is 64.9 Å². The molecule has 0 aliphatic carbocycles. The van der Waals surface area contributed by atoms with Gasteiger partial charge in [0.15, 0.2) is 0 Å². The highest BCUT2D eigenvalue weighted by Crippen LogP contribution is 2.08. The number of hydrogen-bond donors (Lipinski definition) is 1. The van der Waals surface area contributed by atoms with Gasteiger partial charge in [0, 0.05) is 0 Å². The topological polar surface area (TPSA) is 21.3 Å². The van der Waals surface area contributed by atoms with E-state index in [-0.39, 0.29) is 6.10 Å². The van der Waals surface area contributed by atoms with Crippen LogP contribution < -0.4 is 5.32 Å². The maximum atomic E-state index is 11.6. The summed E-state index contributed by atoms with van der Waals surface area (Å²) in [7, 11) is 0. The van der Waals surface area contributed by atoms with E-state index in [1.54, 1.807) is 0 Å². The Morgan fingerprint density at radius 1 is 1.36 bits per heavy atom. The minimum Gasteiger partial charge on any atom is -0.372 e. The SMILES string of the molecule is FC(F)COC1CCNCC1. The van der Waals surface area contributed by atoms with Crippen molar-refractivity contribution >= 4 is 0 Å². The first kappa shape index (κ1) is 8.87. The van der Waals surface area contributed by atoms with Gasteiger partial charge in [0.2, 0.25) is 0 Å². The van der Waals surface area contributed by atoms with Crippen molar-refractivity contribution in [2.24, 2.45) is 0 Å². The zero-order valence-corrected chi connectivity index (χ0v) is 6.35. The lowest BCUT2D eigenvalue weighted by atomic mass is 10.1. The maximum absolute atomic E-state index is 11.6. The smallest absolute Gasteiger partial charge is 0.261 e. The highest BCUT2D eigenvalue weighted by Gasteiger charge is 2.14. The zero-order chi connectivity index (χ0) is 8.10. The van der Waals surface area contributed by atoms with Gasteiger partial charge in [-0.1, -0.05) is 0 Å².